The Labute approximate surface area is 125 Å². The molecule has 5 nitrogen and oxygen atoms in total. The number of benzene rings is 1. The Bertz CT molecular complexity index is 493. The van der Waals surface area contributed by atoms with Gasteiger partial charge in [0.15, 0.2) is 6.61 Å². The molecule has 1 aromatic carbocycles. The molecule has 1 aromatic rings. The van der Waals surface area contributed by atoms with Crippen molar-refractivity contribution in [3.05, 3.63) is 29.3 Å². The quantitative estimate of drug-likeness (QED) is 0.800. The van der Waals surface area contributed by atoms with E-state index >= 15 is 0 Å². The van der Waals surface area contributed by atoms with Gasteiger partial charge in [-0.25, -0.2) is 4.79 Å². The first-order valence-electron chi connectivity index (χ1n) is 7.24. The molecule has 0 saturated carbocycles. The lowest BCUT2D eigenvalue weighted by molar-refractivity contribution is -0.133. The number of nitrogens with zero attached hydrogens (tertiary/aromatic N) is 1. The van der Waals surface area contributed by atoms with Gasteiger partial charge in [0.2, 0.25) is 0 Å². The van der Waals surface area contributed by atoms with E-state index in [1.54, 1.807) is 24.0 Å². The molecule has 0 bridgehead atoms. The van der Waals surface area contributed by atoms with Gasteiger partial charge in [-0.15, -0.1) is 0 Å². The number of para-hydroxylation sites is 1. The minimum absolute atomic E-state index is 0.0836. The molecule has 0 heterocycles. The molecule has 0 aliphatic heterocycles. The summed E-state index contributed by atoms with van der Waals surface area (Å²) >= 11 is 0. The zero-order valence-corrected chi connectivity index (χ0v) is 12.9. The molecule has 0 unspecified atom stereocenters. The smallest absolute Gasteiger partial charge is 0.339 e. The van der Waals surface area contributed by atoms with Gasteiger partial charge in [-0.05, 0) is 31.4 Å². The van der Waals surface area contributed by atoms with Crippen LogP contribution in [0.1, 0.15) is 42.6 Å². The van der Waals surface area contributed by atoms with Crippen LogP contribution in [0.15, 0.2) is 18.2 Å². The van der Waals surface area contributed by atoms with E-state index < -0.39 is 5.97 Å². The van der Waals surface area contributed by atoms with Crippen molar-refractivity contribution in [1.82, 2.24) is 4.90 Å². The molecule has 0 radical (unpaired) electrons. The van der Waals surface area contributed by atoms with Gasteiger partial charge in [0, 0.05) is 13.1 Å². The van der Waals surface area contributed by atoms with Crippen LogP contribution >= 0.6 is 0 Å². The average molecular weight is 293 g/mol. The fraction of sp³-hybridized carbons (Fsp3) is 0.500. The summed E-state index contributed by atoms with van der Waals surface area (Å²) in [6.07, 6.45) is 1.77. The van der Waals surface area contributed by atoms with Crippen molar-refractivity contribution in [2.75, 3.05) is 19.7 Å². The highest BCUT2D eigenvalue weighted by Gasteiger charge is 2.17. The number of carbonyl (C=O) groups excluding carboxylic acids is 1. The van der Waals surface area contributed by atoms with E-state index in [9.17, 15) is 9.59 Å². The summed E-state index contributed by atoms with van der Waals surface area (Å²) in [7, 11) is 0. The first-order valence-corrected chi connectivity index (χ1v) is 7.24. The Hall–Kier alpha value is -2.04. The van der Waals surface area contributed by atoms with Crippen LogP contribution in [0.4, 0.5) is 0 Å². The number of hydrogen-bond acceptors (Lipinski definition) is 3. The number of amides is 1. The van der Waals surface area contributed by atoms with Crippen molar-refractivity contribution < 1.29 is 19.4 Å². The molecular weight excluding hydrogens is 270 g/mol. The van der Waals surface area contributed by atoms with Crippen LogP contribution in [0.5, 0.6) is 5.75 Å². The molecule has 0 saturated heterocycles. The Kier molecular flexibility index (Phi) is 6.72. The second-order valence-corrected chi connectivity index (χ2v) is 4.93. The van der Waals surface area contributed by atoms with Gasteiger partial charge in [0.1, 0.15) is 11.3 Å². The maximum Gasteiger partial charge on any atom is 0.339 e. The fourth-order valence-corrected chi connectivity index (χ4v) is 2.14. The molecule has 0 spiro atoms. The van der Waals surface area contributed by atoms with Crippen molar-refractivity contribution in [2.45, 2.75) is 33.6 Å². The number of carbonyl (C=O) groups is 2. The maximum absolute atomic E-state index is 12.1. The normalized spacial score (nSPS) is 10.2. The topological polar surface area (TPSA) is 66.8 Å². The van der Waals surface area contributed by atoms with Gasteiger partial charge in [-0.1, -0.05) is 26.0 Å². The Morgan fingerprint density at radius 2 is 1.81 bits per heavy atom. The summed E-state index contributed by atoms with van der Waals surface area (Å²) in [4.78, 5) is 25.1. The van der Waals surface area contributed by atoms with Crippen LogP contribution < -0.4 is 4.74 Å². The van der Waals surface area contributed by atoms with Crippen molar-refractivity contribution in [1.29, 1.82) is 0 Å². The molecule has 5 heteroatoms. The third-order valence-electron chi connectivity index (χ3n) is 3.12. The predicted molar refractivity (Wildman–Crippen MR) is 80.8 cm³/mol. The first kappa shape index (κ1) is 17.0. The van der Waals surface area contributed by atoms with E-state index in [1.807, 2.05) is 13.8 Å². The lowest BCUT2D eigenvalue weighted by atomic mass is 10.1. The van der Waals surface area contributed by atoms with Gasteiger partial charge < -0.3 is 14.7 Å². The molecule has 0 aromatic heterocycles. The van der Waals surface area contributed by atoms with Gasteiger partial charge >= 0.3 is 5.97 Å². The lowest BCUT2D eigenvalue weighted by Crippen LogP contribution is -2.36. The average Bonchev–Trinajstić information content (AvgIpc) is 2.45. The summed E-state index contributed by atoms with van der Waals surface area (Å²) in [6, 6.07) is 4.90. The molecule has 1 N–H and O–H groups in total. The molecule has 0 atom stereocenters. The predicted octanol–water partition coefficient (Wildman–Crippen LogP) is 2.72. The van der Waals surface area contributed by atoms with E-state index in [-0.39, 0.29) is 23.8 Å². The van der Waals surface area contributed by atoms with Crippen LogP contribution in [-0.4, -0.2) is 41.6 Å². The van der Waals surface area contributed by atoms with Crippen molar-refractivity contribution in [2.24, 2.45) is 0 Å². The molecule has 21 heavy (non-hydrogen) atoms. The number of carboxylic acid groups (broad SMARTS) is 1. The number of rotatable bonds is 8. The molecule has 0 aliphatic carbocycles. The standard InChI is InChI=1S/C16H23NO4/c1-4-9-17(10-5-2)14(18)11-21-15-12(3)7-6-8-13(15)16(19)20/h6-8H,4-5,9-11H2,1-3H3,(H,19,20). The van der Waals surface area contributed by atoms with E-state index in [0.717, 1.165) is 12.8 Å². The summed E-state index contributed by atoms with van der Waals surface area (Å²) < 4.78 is 5.49. The third kappa shape index (κ3) is 4.77. The third-order valence-corrected chi connectivity index (χ3v) is 3.12. The van der Waals surface area contributed by atoms with Gasteiger partial charge in [-0.3, -0.25) is 4.79 Å². The van der Waals surface area contributed by atoms with Crippen LogP contribution in [-0.2, 0) is 4.79 Å². The summed E-state index contributed by atoms with van der Waals surface area (Å²) in [6.45, 7) is 7.04. The Morgan fingerprint density at radius 1 is 1.19 bits per heavy atom. The SMILES string of the molecule is CCCN(CCC)C(=O)COc1c(C)cccc1C(=O)O. The minimum Gasteiger partial charge on any atom is -0.483 e. The highest BCUT2D eigenvalue weighted by molar-refractivity contribution is 5.91. The van der Waals surface area contributed by atoms with E-state index in [4.69, 9.17) is 9.84 Å². The largest absolute Gasteiger partial charge is 0.483 e. The number of ether oxygens (including phenoxy) is 1. The van der Waals surface area contributed by atoms with E-state index in [2.05, 4.69) is 0 Å². The number of hydrogen-bond donors (Lipinski definition) is 1. The van der Waals surface area contributed by atoms with Crippen molar-refractivity contribution in [3.63, 3.8) is 0 Å². The van der Waals surface area contributed by atoms with Crippen LogP contribution in [0.2, 0.25) is 0 Å². The van der Waals surface area contributed by atoms with Crippen LogP contribution in [0.25, 0.3) is 0 Å². The van der Waals surface area contributed by atoms with Crippen LogP contribution in [0, 0.1) is 6.92 Å². The van der Waals surface area contributed by atoms with Gasteiger partial charge in [0.05, 0.1) is 0 Å². The highest BCUT2D eigenvalue weighted by atomic mass is 16.5. The summed E-state index contributed by atoms with van der Waals surface area (Å²) in [5, 5.41) is 9.16. The minimum atomic E-state index is -1.06. The van der Waals surface area contributed by atoms with Crippen molar-refractivity contribution >= 4 is 11.9 Å². The molecular formula is C16H23NO4. The summed E-state index contributed by atoms with van der Waals surface area (Å²) in [5.74, 6) is -0.898. The van der Waals surface area contributed by atoms with Gasteiger partial charge in [-0.2, -0.15) is 0 Å². The number of aromatic carboxylic acids is 1. The second-order valence-electron chi connectivity index (χ2n) is 4.93. The number of carboxylic acids is 1. The molecule has 116 valence electrons. The van der Waals surface area contributed by atoms with Gasteiger partial charge in [0.25, 0.3) is 5.91 Å². The lowest BCUT2D eigenvalue weighted by Gasteiger charge is -2.22. The fourth-order valence-electron chi connectivity index (χ4n) is 2.14. The zero-order valence-electron chi connectivity index (χ0n) is 12.9. The van der Waals surface area contributed by atoms with Crippen LogP contribution in [0.3, 0.4) is 0 Å². The second kappa shape index (κ2) is 8.29. The van der Waals surface area contributed by atoms with E-state index in [0.29, 0.717) is 18.7 Å². The molecule has 0 aliphatic rings. The highest BCUT2D eigenvalue weighted by Crippen LogP contribution is 2.23. The molecule has 0 fully saturated rings. The number of aryl methyl sites for hydroxylation is 1. The maximum atomic E-state index is 12.1. The Morgan fingerprint density at radius 3 is 2.33 bits per heavy atom. The molecule has 1 amide bonds. The molecule has 1 rings (SSSR count). The monoisotopic (exact) mass is 293 g/mol. The first-order chi connectivity index (χ1) is 10.0. The zero-order chi connectivity index (χ0) is 15.8. The van der Waals surface area contributed by atoms with Crippen molar-refractivity contribution in [3.8, 4) is 5.75 Å². The van der Waals surface area contributed by atoms with E-state index in [1.165, 1.54) is 6.07 Å². The summed E-state index contributed by atoms with van der Waals surface area (Å²) in [5.41, 5.74) is 0.792. The Balaban J connectivity index is 2.78.